The summed E-state index contributed by atoms with van der Waals surface area (Å²) < 4.78 is 27.0. The Balaban J connectivity index is 2.12. The first-order chi connectivity index (χ1) is 13.6. The molecule has 0 fully saturated rings. The Labute approximate surface area is 176 Å². The molecule has 0 amide bonds. The summed E-state index contributed by atoms with van der Waals surface area (Å²) >= 11 is 2.43. The SMILES string of the molecule is CSc1sc(C(=N)N)cc1S(=O)(=O)c1cccc(-c2ccc(C)c([N+](=O)[O-])c2)c1. The van der Waals surface area contributed by atoms with Crippen molar-refractivity contribution in [3.05, 3.63) is 69.1 Å². The Bertz CT molecular complexity index is 1230. The molecule has 1 heterocycles. The Kier molecular flexibility index (Phi) is 5.78. The molecule has 0 bridgehead atoms. The lowest BCUT2D eigenvalue weighted by Crippen LogP contribution is -2.08. The molecule has 7 nitrogen and oxygen atoms in total. The zero-order valence-electron chi connectivity index (χ0n) is 15.5. The largest absolute Gasteiger partial charge is 0.383 e. The van der Waals surface area contributed by atoms with Gasteiger partial charge in [-0.2, -0.15) is 0 Å². The molecule has 0 saturated heterocycles. The molecule has 0 radical (unpaired) electrons. The highest BCUT2D eigenvalue weighted by Crippen LogP contribution is 2.37. The van der Waals surface area contributed by atoms with Crippen LogP contribution in [-0.4, -0.2) is 25.4 Å². The molecule has 0 aliphatic rings. The van der Waals surface area contributed by atoms with Crippen LogP contribution in [0.4, 0.5) is 5.69 Å². The first kappa shape index (κ1) is 21.0. The van der Waals surface area contributed by atoms with E-state index in [0.29, 0.717) is 25.8 Å². The normalized spacial score (nSPS) is 11.4. The second-order valence-electron chi connectivity index (χ2n) is 6.17. The number of hydrogen-bond donors (Lipinski definition) is 2. The van der Waals surface area contributed by atoms with Crippen LogP contribution in [0.3, 0.4) is 0 Å². The van der Waals surface area contributed by atoms with Crippen LogP contribution in [-0.2, 0) is 9.84 Å². The van der Waals surface area contributed by atoms with E-state index in [-0.39, 0.29) is 21.3 Å². The number of thioether (sulfide) groups is 1. The Morgan fingerprint density at radius 2 is 1.86 bits per heavy atom. The lowest BCUT2D eigenvalue weighted by atomic mass is 10.0. The van der Waals surface area contributed by atoms with Gasteiger partial charge >= 0.3 is 0 Å². The summed E-state index contributed by atoms with van der Waals surface area (Å²) in [7, 11) is -3.86. The highest BCUT2D eigenvalue weighted by molar-refractivity contribution is 8.01. The number of amidine groups is 1. The van der Waals surface area contributed by atoms with Gasteiger partial charge in [-0.15, -0.1) is 23.1 Å². The number of nitrogen functional groups attached to an aromatic ring is 1. The van der Waals surface area contributed by atoms with Crippen molar-refractivity contribution >= 4 is 44.5 Å². The van der Waals surface area contributed by atoms with Gasteiger partial charge in [-0.05, 0) is 42.5 Å². The van der Waals surface area contributed by atoms with Crippen LogP contribution in [0.2, 0.25) is 0 Å². The molecule has 2 aromatic carbocycles. The molecule has 0 aliphatic heterocycles. The van der Waals surface area contributed by atoms with Gasteiger partial charge < -0.3 is 5.73 Å². The minimum Gasteiger partial charge on any atom is -0.383 e. The number of rotatable bonds is 6. The predicted octanol–water partition coefficient (Wildman–Crippen LogP) is 4.47. The molecule has 0 saturated carbocycles. The second kappa shape index (κ2) is 7.97. The maximum Gasteiger partial charge on any atom is 0.272 e. The van der Waals surface area contributed by atoms with Crippen molar-refractivity contribution in [2.24, 2.45) is 5.73 Å². The van der Waals surface area contributed by atoms with Gasteiger partial charge in [-0.25, -0.2) is 8.42 Å². The summed E-state index contributed by atoms with van der Waals surface area (Å²) in [6.45, 7) is 1.65. The molecule has 150 valence electrons. The molecule has 1 aromatic heterocycles. The van der Waals surface area contributed by atoms with Gasteiger partial charge in [0.15, 0.2) is 0 Å². The van der Waals surface area contributed by atoms with Gasteiger partial charge in [0.05, 0.1) is 23.8 Å². The number of nitrogens with zero attached hydrogens (tertiary/aromatic N) is 1. The number of aryl methyl sites for hydroxylation is 1. The standard InChI is InChI=1S/C19H17N3O4S3/c1-11-6-7-13(9-15(11)22(23)24)12-4-3-5-14(8-12)29(25,26)17-10-16(18(20)21)28-19(17)27-2/h3-10H,1-2H3,(H3,20,21). The minimum atomic E-state index is -3.86. The number of nitro groups is 1. The number of nitrogens with two attached hydrogens (primary N) is 1. The van der Waals surface area contributed by atoms with E-state index in [4.69, 9.17) is 11.1 Å². The van der Waals surface area contributed by atoms with Crippen LogP contribution < -0.4 is 5.73 Å². The summed E-state index contributed by atoms with van der Waals surface area (Å²) in [5, 5.41) is 18.8. The predicted molar refractivity (Wildman–Crippen MR) is 116 cm³/mol. The van der Waals surface area contributed by atoms with Crippen molar-refractivity contribution in [1.29, 1.82) is 5.41 Å². The third-order valence-electron chi connectivity index (χ3n) is 4.29. The maximum absolute atomic E-state index is 13.2. The fourth-order valence-corrected chi connectivity index (χ4v) is 6.68. The fraction of sp³-hybridized carbons (Fsp3) is 0.105. The van der Waals surface area contributed by atoms with E-state index in [0.717, 1.165) is 11.3 Å². The zero-order chi connectivity index (χ0) is 21.3. The lowest BCUT2D eigenvalue weighted by Gasteiger charge is -2.08. The molecular weight excluding hydrogens is 430 g/mol. The molecule has 10 heteroatoms. The molecule has 3 rings (SSSR count). The molecule has 0 spiro atoms. The summed E-state index contributed by atoms with van der Waals surface area (Å²) in [4.78, 5) is 11.3. The summed E-state index contributed by atoms with van der Waals surface area (Å²) in [5.41, 5.74) is 7.14. The third-order valence-corrected chi connectivity index (χ3v) is 8.63. The number of nitrogens with one attached hydrogen (secondary N) is 1. The van der Waals surface area contributed by atoms with Crippen molar-refractivity contribution in [3.63, 3.8) is 0 Å². The summed E-state index contributed by atoms with van der Waals surface area (Å²) in [6.07, 6.45) is 1.76. The number of benzene rings is 2. The van der Waals surface area contributed by atoms with Gasteiger partial charge in [0.25, 0.3) is 5.69 Å². The molecule has 29 heavy (non-hydrogen) atoms. The molecule has 0 unspecified atom stereocenters. The molecule has 3 N–H and O–H groups in total. The van der Waals surface area contributed by atoms with Gasteiger partial charge in [0, 0.05) is 11.6 Å². The number of hydrogen-bond acceptors (Lipinski definition) is 7. The van der Waals surface area contributed by atoms with Crippen molar-refractivity contribution in [1.82, 2.24) is 0 Å². The van der Waals surface area contributed by atoms with Gasteiger partial charge in [0.1, 0.15) is 5.84 Å². The average Bonchev–Trinajstić information content (AvgIpc) is 3.14. The quantitative estimate of drug-likeness (QED) is 0.189. The lowest BCUT2D eigenvalue weighted by molar-refractivity contribution is -0.385. The molecule has 0 atom stereocenters. The number of sulfone groups is 1. The van der Waals surface area contributed by atoms with Crippen LogP contribution in [0, 0.1) is 22.4 Å². The van der Waals surface area contributed by atoms with Crippen molar-refractivity contribution < 1.29 is 13.3 Å². The first-order valence-corrected chi connectivity index (χ1v) is 11.8. The van der Waals surface area contributed by atoms with E-state index >= 15 is 0 Å². The smallest absolute Gasteiger partial charge is 0.272 e. The monoisotopic (exact) mass is 447 g/mol. The first-order valence-electron chi connectivity index (χ1n) is 8.28. The second-order valence-corrected chi connectivity index (χ2v) is 10.2. The van der Waals surface area contributed by atoms with E-state index in [1.54, 1.807) is 37.4 Å². The minimum absolute atomic E-state index is 0.0237. The van der Waals surface area contributed by atoms with E-state index in [2.05, 4.69) is 0 Å². The Morgan fingerprint density at radius 1 is 1.17 bits per heavy atom. The van der Waals surface area contributed by atoms with Crippen LogP contribution >= 0.6 is 23.1 Å². The van der Waals surface area contributed by atoms with E-state index in [9.17, 15) is 18.5 Å². The van der Waals surface area contributed by atoms with Crippen molar-refractivity contribution in [3.8, 4) is 11.1 Å². The van der Waals surface area contributed by atoms with Crippen LogP contribution in [0.25, 0.3) is 11.1 Å². The van der Waals surface area contributed by atoms with E-state index in [1.165, 1.54) is 36.0 Å². The summed E-state index contributed by atoms with van der Waals surface area (Å²) in [6, 6.07) is 12.5. The summed E-state index contributed by atoms with van der Waals surface area (Å²) in [5.74, 6) is -0.188. The van der Waals surface area contributed by atoms with E-state index in [1.807, 2.05) is 0 Å². The van der Waals surface area contributed by atoms with Crippen LogP contribution in [0.1, 0.15) is 10.4 Å². The van der Waals surface area contributed by atoms with Gasteiger partial charge in [0.2, 0.25) is 9.84 Å². The van der Waals surface area contributed by atoms with Crippen LogP contribution in [0.15, 0.2) is 62.5 Å². The highest BCUT2D eigenvalue weighted by atomic mass is 32.2. The number of thiophene rings is 1. The fourth-order valence-electron chi connectivity index (χ4n) is 2.78. The van der Waals surface area contributed by atoms with Crippen LogP contribution in [0.5, 0.6) is 0 Å². The molecular formula is C19H17N3O4S3. The number of nitro benzene ring substituents is 1. The topological polar surface area (TPSA) is 127 Å². The Morgan fingerprint density at radius 3 is 2.48 bits per heavy atom. The highest BCUT2D eigenvalue weighted by Gasteiger charge is 2.25. The Hall–Kier alpha value is -2.69. The zero-order valence-corrected chi connectivity index (χ0v) is 18.0. The molecule has 0 aliphatic carbocycles. The molecule has 3 aromatic rings. The van der Waals surface area contributed by atoms with Crippen molar-refractivity contribution in [2.45, 2.75) is 20.9 Å². The van der Waals surface area contributed by atoms with Crippen molar-refractivity contribution in [2.75, 3.05) is 6.26 Å². The van der Waals surface area contributed by atoms with Gasteiger partial charge in [-0.1, -0.05) is 24.3 Å². The van der Waals surface area contributed by atoms with Gasteiger partial charge in [-0.3, -0.25) is 15.5 Å². The third kappa shape index (κ3) is 4.04. The maximum atomic E-state index is 13.2. The average molecular weight is 448 g/mol. The van der Waals surface area contributed by atoms with E-state index < -0.39 is 14.8 Å².